The van der Waals surface area contributed by atoms with Gasteiger partial charge in [0.05, 0.1) is 4.88 Å². The normalized spacial score (nSPS) is 8.69. The molecule has 3 nitrogen and oxygen atoms in total. The van der Waals surface area contributed by atoms with Crippen LogP contribution in [-0.2, 0) is 4.79 Å². The minimum absolute atomic E-state index is 0.0339. The van der Waals surface area contributed by atoms with Gasteiger partial charge in [-0.2, -0.15) is 0 Å². The molecule has 0 unspecified atom stereocenters. The Hall–Kier alpha value is -1.60. The maximum absolute atomic E-state index is 10.8. The molecule has 1 rings (SSSR count). The molecule has 0 atom stereocenters. The number of hydrogen-bond donors (Lipinski definition) is 1. The van der Waals surface area contributed by atoms with E-state index >= 15 is 0 Å². The fraction of sp³-hybridized carbons (Fsp3) is 0.111. The van der Waals surface area contributed by atoms with Crippen molar-refractivity contribution in [3.8, 4) is 11.8 Å². The maximum atomic E-state index is 10.8. The van der Waals surface area contributed by atoms with Crippen molar-refractivity contribution in [2.45, 2.75) is 6.92 Å². The van der Waals surface area contributed by atoms with Crippen molar-refractivity contribution in [1.29, 1.82) is 0 Å². The van der Waals surface area contributed by atoms with Gasteiger partial charge in [0.25, 0.3) is 0 Å². The summed E-state index contributed by atoms with van der Waals surface area (Å²) in [5, 5.41) is 9.91. The number of carbonyl (C=O) groups is 2. The van der Waals surface area contributed by atoms with E-state index in [4.69, 9.17) is 5.11 Å². The van der Waals surface area contributed by atoms with Crippen LogP contribution in [0.2, 0.25) is 0 Å². The highest BCUT2D eigenvalue weighted by Crippen LogP contribution is 2.13. The number of carbonyl (C=O) groups excluding carboxylic acids is 1. The lowest BCUT2D eigenvalue weighted by molar-refractivity contribution is -0.130. The summed E-state index contributed by atoms with van der Waals surface area (Å²) < 4.78 is 0. The Balaban J connectivity index is 2.89. The maximum Gasteiger partial charge on any atom is 0.382 e. The zero-order valence-electron chi connectivity index (χ0n) is 6.83. The molecule has 0 bridgehead atoms. The lowest BCUT2D eigenvalue weighted by atomic mass is 10.3. The Morgan fingerprint density at radius 1 is 1.54 bits per heavy atom. The molecule has 66 valence electrons. The monoisotopic (exact) mass is 194 g/mol. The summed E-state index contributed by atoms with van der Waals surface area (Å²) in [6, 6.07) is 1.59. The number of rotatable bonds is 1. The summed E-state index contributed by atoms with van der Waals surface area (Å²) in [5.74, 6) is 3.20. The fourth-order valence-corrected chi connectivity index (χ4v) is 1.45. The van der Waals surface area contributed by atoms with Crippen LogP contribution in [0.15, 0.2) is 11.4 Å². The molecule has 0 spiro atoms. The molecule has 1 aromatic heterocycles. The number of thiophene rings is 1. The van der Waals surface area contributed by atoms with Crippen molar-refractivity contribution >= 4 is 23.1 Å². The van der Waals surface area contributed by atoms with Gasteiger partial charge in [0, 0.05) is 16.9 Å². The molecule has 0 saturated carbocycles. The summed E-state index contributed by atoms with van der Waals surface area (Å²) >= 11 is 1.26. The summed E-state index contributed by atoms with van der Waals surface area (Å²) in [4.78, 5) is 21.5. The van der Waals surface area contributed by atoms with Crippen molar-refractivity contribution in [1.82, 2.24) is 0 Å². The third-order valence-electron chi connectivity index (χ3n) is 1.26. The highest BCUT2D eigenvalue weighted by Gasteiger charge is 2.01. The summed E-state index contributed by atoms with van der Waals surface area (Å²) in [5.41, 5.74) is 0.567. The van der Waals surface area contributed by atoms with Gasteiger partial charge in [0.1, 0.15) is 0 Å². The number of Topliss-reactive ketones (excluding diaryl/α,β-unsaturated/α-hetero) is 1. The molecule has 13 heavy (non-hydrogen) atoms. The average molecular weight is 194 g/mol. The largest absolute Gasteiger partial charge is 0.472 e. The first kappa shape index (κ1) is 9.49. The van der Waals surface area contributed by atoms with Crippen LogP contribution < -0.4 is 0 Å². The van der Waals surface area contributed by atoms with E-state index in [1.807, 2.05) is 5.92 Å². The molecule has 0 aliphatic carbocycles. The zero-order chi connectivity index (χ0) is 9.84. The van der Waals surface area contributed by atoms with Crippen LogP contribution in [0.3, 0.4) is 0 Å². The second-order valence-corrected chi connectivity index (χ2v) is 3.22. The van der Waals surface area contributed by atoms with Gasteiger partial charge in [-0.25, -0.2) is 4.79 Å². The molecule has 0 radical (unpaired) electrons. The van der Waals surface area contributed by atoms with E-state index in [1.165, 1.54) is 18.3 Å². The third kappa shape index (κ3) is 2.73. The molecule has 1 N–H and O–H groups in total. The van der Waals surface area contributed by atoms with E-state index in [-0.39, 0.29) is 5.78 Å². The minimum Gasteiger partial charge on any atom is -0.472 e. The lowest BCUT2D eigenvalue weighted by Gasteiger charge is -1.81. The van der Waals surface area contributed by atoms with Gasteiger partial charge in [-0.05, 0) is 13.0 Å². The number of ketones is 1. The number of aliphatic carboxylic acids is 1. The van der Waals surface area contributed by atoms with Crippen molar-refractivity contribution in [3.05, 3.63) is 21.9 Å². The molecule has 1 heterocycles. The molecule has 0 saturated heterocycles. The van der Waals surface area contributed by atoms with E-state index in [0.717, 1.165) is 0 Å². The standard InChI is InChI=1S/C9H6O3S/c1-6(10)8-4-7(5-13-8)2-3-9(11)12/h4-5H,1H3,(H,11,12). The van der Waals surface area contributed by atoms with Crippen LogP contribution in [0.5, 0.6) is 0 Å². The Kier molecular flexibility index (Phi) is 2.83. The Bertz CT molecular complexity index is 406. The quantitative estimate of drug-likeness (QED) is 0.543. The van der Waals surface area contributed by atoms with Gasteiger partial charge in [0.15, 0.2) is 5.78 Å². The Labute approximate surface area is 79.0 Å². The SMILES string of the molecule is CC(=O)c1cc(C#CC(=O)O)cs1. The highest BCUT2D eigenvalue weighted by atomic mass is 32.1. The van der Waals surface area contributed by atoms with Gasteiger partial charge in [-0.15, -0.1) is 11.3 Å². The fourth-order valence-electron chi connectivity index (χ4n) is 0.712. The van der Waals surface area contributed by atoms with Crippen molar-refractivity contribution < 1.29 is 14.7 Å². The highest BCUT2D eigenvalue weighted by molar-refractivity contribution is 7.12. The second kappa shape index (κ2) is 3.87. The molecule has 1 aromatic rings. The number of carboxylic acid groups (broad SMARTS) is 1. The first-order valence-corrected chi connectivity index (χ1v) is 4.32. The van der Waals surface area contributed by atoms with Gasteiger partial charge in [-0.3, -0.25) is 4.79 Å². The summed E-state index contributed by atoms with van der Waals surface area (Å²) in [6.07, 6.45) is 0. The molecule has 0 fully saturated rings. The molecule has 0 aliphatic heterocycles. The molecule has 0 aliphatic rings. The van der Waals surface area contributed by atoms with E-state index in [9.17, 15) is 9.59 Å². The van der Waals surface area contributed by atoms with Crippen LogP contribution >= 0.6 is 11.3 Å². The van der Waals surface area contributed by atoms with Gasteiger partial charge < -0.3 is 5.11 Å². The van der Waals surface area contributed by atoms with Crippen LogP contribution in [0.1, 0.15) is 22.2 Å². The Morgan fingerprint density at radius 3 is 2.69 bits per heavy atom. The van der Waals surface area contributed by atoms with Gasteiger partial charge in [0.2, 0.25) is 0 Å². The first-order chi connectivity index (χ1) is 6.09. The van der Waals surface area contributed by atoms with Gasteiger partial charge in [-0.1, -0.05) is 5.92 Å². The molecular formula is C9H6O3S. The summed E-state index contributed by atoms with van der Waals surface area (Å²) in [6.45, 7) is 1.46. The van der Waals surface area contributed by atoms with Crippen molar-refractivity contribution in [2.75, 3.05) is 0 Å². The predicted molar refractivity (Wildman–Crippen MR) is 48.8 cm³/mol. The zero-order valence-corrected chi connectivity index (χ0v) is 7.64. The number of hydrogen-bond acceptors (Lipinski definition) is 3. The molecular weight excluding hydrogens is 188 g/mol. The smallest absolute Gasteiger partial charge is 0.382 e. The molecule has 0 aromatic carbocycles. The number of carboxylic acids is 1. The molecule has 0 amide bonds. The Morgan fingerprint density at radius 2 is 2.23 bits per heavy atom. The van der Waals surface area contributed by atoms with Crippen molar-refractivity contribution in [2.24, 2.45) is 0 Å². The second-order valence-electron chi connectivity index (χ2n) is 2.31. The van der Waals surface area contributed by atoms with E-state index in [1.54, 1.807) is 11.4 Å². The average Bonchev–Trinajstić information content (AvgIpc) is 2.48. The minimum atomic E-state index is -1.17. The summed E-state index contributed by atoms with van der Waals surface area (Å²) in [7, 11) is 0. The molecule has 4 heteroatoms. The van der Waals surface area contributed by atoms with E-state index in [0.29, 0.717) is 10.4 Å². The van der Waals surface area contributed by atoms with Crippen LogP contribution in [0, 0.1) is 11.8 Å². The van der Waals surface area contributed by atoms with Crippen LogP contribution in [0.4, 0.5) is 0 Å². The van der Waals surface area contributed by atoms with E-state index in [2.05, 4.69) is 5.92 Å². The first-order valence-electron chi connectivity index (χ1n) is 3.44. The lowest BCUT2D eigenvalue weighted by Crippen LogP contribution is -1.87. The van der Waals surface area contributed by atoms with E-state index < -0.39 is 5.97 Å². The topological polar surface area (TPSA) is 54.4 Å². The van der Waals surface area contributed by atoms with Crippen LogP contribution in [0.25, 0.3) is 0 Å². The van der Waals surface area contributed by atoms with Crippen molar-refractivity contribution in [3.63, 3.8) is 0 Å². The van der Waals surface area contributed by atoms with Crippen LogP contribution in [-0.4, -0.2) is 16.9 Å². The predicted octanol–water partition coefficient (Wildman–Crippen LogP) is 1.39. The van der Waals surface area contributed by atoms with Gasteiger partial charge >= 0.3 is 5.97 Å². The third-order valence-corrected chi connectivity index (χ3v) is 2.29.